The second kappa shape index (κ2) is 8.88. The number of anilines is 1. The highest BCUT2D eigenvalue weighted by Crippen LogP contribution is 2.30. The number of nitrogens with zero attached hydrogens (tertiary/aromatic N) is 1. The zero-order chi connectivity index (χ0) is 17.4. The maximum atomic E-state index is 13.1. The highest BCUT2D eigenvalue weighted by molar-refractivity contribution is 7.91. The van der Waals surface area contributed by atoms with Crippen LogP contribution < -0.4 is 4.90 Å². The first-order valence-electron chi connectivity index (χ1n) is 8.75. The number of hydrogen-bond donors (Lipinski definition) is 0. The molecule has 0 fully saturated rings. The molecule has 130 valence electrons. The van der Waals surface area contributed by atoms with Gasteiger partial charge in [0, 0.05) is 13.1 Å². The van der Waals surface area contributed by atoms with Gasteiger partial charge in [0.15, 0.2) is 0 Å². The first-order chi connectivity index (χ1) is 11.6. The summed E-state index contributed by atoms with van der Waals surface area (Å²) in [4.78, 5) is 2.98. The van der Waals surface area contributed by atoms with E-state index in [2.05, 4.69) is 18.7 Å². The third-order valence-electron chi connectivity index (χ3n) is 4.11. The molecule has 2 rings (SSSR count). The quantitative estimate of drug-likeness (QED) is 0.647. The molecule has 4 heteroatoms. The van der Waals surface area contributed by atoms with Crippen molar-refractivity contribution in [3.8, 4) is 0 Å². The van der Waals surface area contributed by atoms with Gasteiger partial charge in [-0.1, -0.05) is 57.0 Å². The molecule has 24 heavy (non-hydrogen) atoms. The summed E-state index contributed by atoms with van der Waals surface area (Å²) in [5, 5.41) is 0. The van der Waals surface area contributed by atoms with Crippen LogP contribution in [0.2, 0.25) is 0 Å². The molecule has 0 unspecified atom stereocenters. The highest BCUT2D eigenvalue weighted by atomic mass is 32.2. The zero-order valence-corrected chi connectivity index (χ0v) is 15.4. The molecular weight excluding hydrogens is 318 g/mol. The van der Waals surface area contributed by atoms with Crippen LogP contribution in [0.15, 0.2) is 64.4 Å². The van der Waals surface area contributed by atoms with E-state index in [4.69, 9.17) is 0 Å². The Kier molecular flexibility index (Phi) is 6.85. The summed E-state index contributed by atoms with van der Waals surface area (Å²) >= 11 is 0. The summed E-state index contributed by atoms with van der Waals surface area (Å²) in [6.07, 6.45) is 4.30. The van der Waals surface area contributed by atoms with E-state index in [0.717, 1.165) is 44.5 Å². The van der Waals surface area contributed by atoms with Crippen LogP contribution in [0.1, 0.15) is 39.5 Å². The van der Waals surface area contributed by atoms with E-state index >= 15 is 0 Å². The second-order valence-electron chi connectivity index (χ2n) is 5.98. The molecule has 0 saturated carbocycles. The van der Waals surface area contributed by atoms with Crippen LogP contribution in [-0.4, -0.2) is 21.5 Å². The Balaban J connectivity index is 2.45. The fourth-order valence-corrected chi connectivity index (χ4v) is 4.22. The molecule has 0 spiro atoms. The van der Waals surface area contributed by atoms with Gasteiger partial charge in [-0.25, -0.2) is 8.42 Å². The number of para-hydroxylation sites is 1. The fraction of sp³-hybridized carbons (Fsp3) is 0.400. The van der Waals surface area contributed by atoms with Gasteiger partial charge >= 0.3 is 0 Å². The summed E-state index contributed by atoms with van der Waals surface area (Å²) in [7, 11) is -3.51. The lowest BCUT2D eigenvalue weighted by Gasteiger charge is -2.27. The molecule has 2 aromatic rings. The standard InChI is InChI=1S/C20H27NO2S/c1-3-5-16-21(17-6-4-2)19-14-10-11-15-20(19)24(22,23)18-12-8-7-9-13-18/h7-15H,3-6,16-17H2,1-2H3. The van der Waals surface area contributed by atoms with E-state index in [0.29, 0.717) is 9.79 Å². The largest absolute Gasteiger partial charge is 0.370 e. The van der Waals surface area contributed by atoms with Crippen molar-refractivity contribution in [2.24, 2.45) is 0 Å². The monoisotopic (exact) mass is 345 g/mol. The van der Waals surface area contributed by atoms with E-state index in [-0.39, 0.29) is 0 Å². The maximum Gasteiger partial charge on any atom is 0.208 e. The van der Waals surface area contributed by atoms with Crippen molar-refractivity contribution in [1.82, 2.24) is 0 Å². The SMILES string of the molecule is CCCCN(CCCC)c1ccccc1S(=O)(=O)c1ccccc1. The Bertz CT molecular complexity index is 718. The Hall–Kier alpha value is -1.81. The lowest BCUT2D eigenvalue weighted by Crippen LogP contribution is -2.27. The van der Waals surface area contributed by atoms with Crippen LogP contribution in [-0.2, 0) is 9.84 Å². The highest BCUT2D eigenvalue weighted by Gasteiger charge is 2.23. The minimum absolute atomic E-state index is 0.350. The average Bonchev–Trinajstić information content (AvgIpc) is 2.63. The van der Waals surface area contributed by atoms with E-state index < -0.39 is 9.84 Å². The van der Waals surface area contributed by atoms with E-state index in [1.807, 2.05) is 18.2 Å². The van der Waals surface area contributed by atoms with Gasteiger partial charge in [-0.2, -0.15) is 0 Å². The maximum absolute atomic E-state index is 13.1. The van der Waals surface area contributed by atoms with Gasteiger partial charge in [-0.15, -0.1) is 0 Å². The van der Waals surface area contributed by atoms with Gasteiger partial charge in [0.2, 0.25) is 9.84 Å². The molecule has 0 radical (unpaired) electrons. The predicted molar refractivity (Wildman–Crippen MR) is 100 cm³/mol. The summed E-state index contributed by atoms with van der Waals surface area (Å²) in [6.45, 7) is 6.09. The number of sulfone groups is 1. The van der Waals surface area contributed by atoms with Crippen molar-refractivity contribution in [3.63, 3.8) is 0 Å². The van der Waals surface area contributed by atoms with E-state index in [1.54, 1.807) is 36.4 Å². The fourth-order valence-electron chi connectivity index (χ4n) is 2.72. The zero-order valence-electron chi connectivity index (χ0n) is 14.6. The average molecular weight is 346 g/mol. The normalized spacial score (nSPS) is 11.4. The molecular formula is C20H27NO2S. The van der Waals surface area contributed by atoms with Gasteiger partial charge in [0.25, 0.3) is 0 Å². The van der Waals surface area contributed by atoms with Crippen LogP contribution in [0.25, 0.3) is 0 Å². The van der Waals surface area contributed by atoms with Crippen molar-refractivity contribution in [2.45, 2.75) is 49.3 Å². The lowest BCUT2D eigenvalue weighted by molar-refractivity contribution is 0.594. The first kappa shape index (κ1) is 18.5. The molecule has 0 aliphatic rings. The Morgan fingerprint density at radius 2 is 1.33 bits per heavy atom. The van der Waals surface area contributed by atoms with Crippen LogP contribution in [0.3, 0.4) is 0 Å². The van der Waals surface area contributed by atoms with Crippen molar-refractivity contribution in [1.29, 1.82) is 0 Å². The van der Waals surface area contributed by atoms with Gasteiger partial charge in [0.1, 0.15) is 0 Å². The number of hydrogen-bond acceptors (Lipinski definition) is 3. The minimum Gasteiger partial charge on any atom is -0.370 e. The van der Waals surface area contributed by atoms with Gasteiger partial charge in [0.05, 0.1) is 15.5 Å². The molecule has 0 saturated heterocycles. The first-order valence-corrected chi connectivity index (χ1v) is 10.2. The summed E-state index contributed by atoms with van der Waals surface area (Å²) < 4.78 is 26.2. The third-order valence-corrected chi connectivity index (χ3v) is 5.93. The molecule has 0 heterocycles. The predicted octanol–water partition coefficient (Wildman–Crippen LogP) is 4.93. The van der Waals surface area contributed by atoms with Gasteiger partial charge in [-0.3, -0.25) is 0 Å². The molecule has 0 aliphatic heterocycles. The van der Waals surface area contributed by atoms with Crippen molar-refractivity contribution in [3.05, 3.63) is 54.6 Å². The topological polar surface area (TPSA) is 37.4 Å². The molecule has 0 N–H and O–H groups in total. The smallest absolute Gasteiger partial charge is 0.208 e. The molecule has 0 aromatic heterocycles. The molecule has 0 aliphatic carbocycles. The van der Waals surface area contributed by atoms with E-state index in [9.17, 15) is 8.42 Å². The molecule has 3 nitrogen and oxygen atoms in total. The number of benzene rings is 2. The summed E-state index contributed by atoms with van der Waals surface area (Å²) in [5.41, 5.74) is 0.822. The number of rotatable bonds is 9. The van der Waals surface area contributed by atoms with Crippen molar-refractivity contribution < 1.29 is 8.42 Å². The van der Waals surface area contributed by atoms with Crippen LogP contribution in [0.5, 0.6) is 0 Å². The van der Waals surface area contributed by atoms with Crippen molar-refractivity contribution >= 4 is 15.5 Å². The molecule has 0 bridgehead atoms. The minimum atomic E-state index is -3.51. The van der Waals surface area contributed by atoms with Crippen LogP contribution >= 0.6 is 0 Å². The Morgan fingerprint density at radius 3 is 1.92 bits per heavy atom. The Labute approximate surface area is 146 Å². The van der Waals surface area contributed by atoms with E-state index in [1.165, 1.54) is 0 Å². The van der Waals surface area contributed by atoms with Crippen LogP contribution in [0.4, 0.5) is 5.69 Å². The molecule has 2 aromatic carbocycles. The lowest BCUT2D eigenvalue weighted by atomic mass is 10.2. The van der Waals surface area contributed by atoms with Gasteiger partial charge in [-0.05, 0) is 37.1 Å². The van der Waals surface area contributed by atoms with Crippen LogP contribution in [0, 0.1) is 0 Å². The second-order valence-corrected chi connectivity index (χ2v) is 7.90. The summed E-state index contributed by atoms with van der Waals surface area (Å²) in [5.74, 6) is 0. The number of unbranched alkanes of at least 4 members (excludes halogenated alkanes) is 2. The molecule has 0 atom stereocenters. The Morgan fingerprint density at radius 1 is 0.792 bits per heavy atom. The molecule has 0 amide bonds. The summed E-state index contributed by atoms with van der Waals surface area (Å²) in [6, 6.07) is 16.1. The third kappa shape index (κ3) is 4.38. The van der Waals surface area contributed by atoms with Gasteiger partial charge < -0.3 is 4.90 Å². The van der Waals surface area contributed by atoms with Crippen molar-refractivity contribution in [2.75, 3.05) is 18.0 Å².